The lowest BCUT2D eigenvalue weighted by Crippen LogP contribution is -2.66. The average Bonchev–Trinajstić information content (AvgIpc) is 2.55. The van der Waals surface area contributed by atoms with Crippen molar-refractivity contribution >= 4 is 0 Å². The van der Waals surface area contributed by atoms with E-state index in [-0.39, 0.29) is 11.1 Å². The highest BCUT2D eigenvalue weighted by Crippen LogP contribution is 2.40. The van der Waals surface area contributed by atoms with Crippen molar-refractivity contribution in [1.82, 2.24) is 14.7 Å². The van der Waals surface area contributed by atoms with E-state index in [1.54, 1.807) is 0 Å². The molecule has 0 radical (unpaired) electrons. The molecular weight excluding hydrogens is 306 g/mol. The summed E-state index contributed by atoms with van der Waals surface area (Å²) >= 11 is 0. The Balaban J connectivity index is 2.27. The van der Waals surface area contributed by atoms with Crippen molar-refractivity contribution in [2.45, 2.75) is 97.3 Å². The summed E-state index contributed by atoms with van der Waals surface area (Å²) in [6.07, 6.45) is 5.28. The molecule has 148 valence electrons. The second-order valence-electron chi connectivity index (χ2n) is 10.0. The number of hydrogen-bond acceptors (Lipinski definition) is 3. The van der Waals surface area contributed by atoms with Crippen molar-refractivity contribution in [2.24, 2.45) is 11.8 Å². The lowest BCUT2D eigenvalue weighted by atomic mass is 9.72. The SMILES string of the molecule is CCCCN(C1CCN(C)C(C)(C)C1C)C1CCN(C)C(C)(C)C1C. The molecule has 4 atom stereocenters. The molecule has 0 bridgehead atoms. The zero-order valence-electron chi connectivity index (χ0n) is 18.6. The Morgan fingerprint density at radius 1 is 0.840 bits per heavy atom. The summed E-state index contributed by atoms with van der Waals surface area (Å²) in [6.45, 7) is 20.9. The maximum Gasteiger partial charge on any atom is 0.0190 e. The van der Waals surface area contributed by atoms with Crippen LogP contribution in [0.15, 0.2) is 0 Å². The van der Waals surface area contributed by atoms with Crippen LogP contribution in [0.3, 0.4) is 0 Å². The Morgan fingerprint density at radius 2 is 1.24 bits per heavy atom. The Kier molecular flexibility index (Phi) is 6.66. The second-order valence-corrected chi connectivity index (χ2v) is 10.0. The van der Waals surface area contributed by atoms with Gasteiger partial charge in [0.1, 0.15) is 0 Å². The summed E-state index contributed by atoms with van der Waals surface area (Å²) in [4.78, 5) is 8.12. The molecule has 2 aliphatic heterocycles. The van der Waals surface area contributed by atoms with E-state index in [1.807, 2.05) is 0 Å². The third kappa shape index (κ3) is 3.94. The minimum Gasteiger partial charge on any atom is -0.301 e. The van der Waals surface area contributed by atoms with Crippen LogP contribution in [-0.4, -0.2) is 71.6 Å². The summed E-state index contributed by atoms with van der Waals surface area (Å²) in [5, 5.41) is 0. The van der Waals surface area contributed by atoms with Gasteiger partial charge in [-0.2, -0.15) is 0 Å². The normalized spacial score (nSPS) is 36.7. The molecule has 0 aromatic carbocycles. The molecule has 0 amide bonds. The van der Waals surface area contributed by atoms with Crippen molar-refractivity contribution in [1.29, 1.82) is 0 Å². The third-order valence-electron chi connectivity index (χ3n) is 8.49. The Bertz CT molecular complexity index is 395. The predicted octanol–water partition coefficient (Wildman–Crippen LogP) is 4.33. The van der Waals surface area contributed by atoms with Crippen LogP contribution in [0.5, 0.6) is 0 Å². The number of nitrogens with zero attached hydrogens (tertiary/aromatic N) is 3. The fraction of sp³-hybridized carbons (Fsp3) is 1.00. The van der Waals surface area contributed by atoms with E-state index in [2.05, 4.69) is 77.3 Å². The maximum atomic E-state index is 2.96. The van der Waals surface area contributed by atoms with Gasteiger partial charge >= 0.3 is 0 Å². The molecule has 2 aliphatic rings. The van der Waals surface area contributed by atoms with Crippen LogP contribution in [0.2, 0.25) is 0 Å². The van der Waals surface area contributed by atoms with Gasteiger partial charge in [-0.3, -0.25) is 4.90 Å². The van der Waals surface area contributed by atoms with Gasteiger partial charge < -0.3 is 9.80 Å². The summed E-state index contributed by atoms with van der Waals surface area (Å²) in [7, 11) is 4.62. The lowest BCUT2D eigenvalue weighted by molar-refractivity contribution is -0.0769. The second kappa shape index (κ2) is 7.86. The minimum atomic E-state index is 0.289. The first kappa shape index (κ1) is 21.2. The molecular formula is C22H45N3. The lowest BCUT2D eigenvalue weighted by Gasteiger charge is -2.57. The Hall–Kier alpha value is -0.120. The van der Waals surface area contributed by atoms with Crippen molar-refractivity contribution in [2.75, 3.05) is 33.7 Å². The zero-order valence-corrected chi connectivity index (χ0v) is 18.6. The molecule has 25 heavy (non-hydrogen) atoms. The van der Waals surface area contributed by atoms with Gasteiger partial charge in [0.25, 0.3) is 0 Å². The first-order valence-electron chi connectivity index (χ1n) is 10.7. The predicted molar refractivity (Wildman–Crippen MR) is 110 cm³/mol. The molecule has 4 unspecified atom stereocenters. The number of rotatable bonds is 5. The van der Waals surface area contributed by atoms with E-state index in [4.69, 9.17) is 0 Å². The Labute approximate surface area is 158 Å². The first-order chi connectivity index (χ1) is 11.5. The fourth-order valence-corrected chi connectivity index (χ4v) is 5.19. The van der Waals surface area contributed by atoms with Crippen molar-refractivity contribution < 1.29 is 0 Å². The van der Waals surface area contributed by atoms with Crippen LogP contribution >= 0.6 is 0 Å². The average molecular weight is 352 g/mol. The Morgan fingerprint density at radius 3 is 1.60 bits per heavy atom. The van der Waals surface area contributed by atoms with Crippen LogP contribution in [0.25, 0.3) is 0 Å². The number of unbranched alkanes of at least 4 members (excludes halogenated alkanes) is 1. The highest BCUT2D eigenvalue weighted by Gasteiger charge is 2.47. The standard InChI is InChI=1S/C22H45N3/c1-10-11-14-25(19-12-15-23(8)21(4,5)17(19)2)20-13-16-24(9)22(6,7)18(20)3/h17-20H,10-16H2,1-9H3. The van der Waals surface area contributed by atoms with E-state index in [0.717, 1.165) is 12.1 Å². The molecule has 2 heterocycles. The summed E-state index contributed by atoms with van der Waals surface area (Å²) in [5.74, 6) is 1.41. The van der Waals surface area contributed by atoms with Gasteiger partial charge in [0, 0.05) is 23.2 Å². The van der Waals surface area contributed by atoms with E-state index in [0.29, 0.717) is 11.8 Å². The molecule has 2 saturated heterocycles. The molecule has 0 aromatic rings. The van der Waals surface area contributed by atoms with Crippen LogP contribution < -0.4 is 0 Å². The zero-order chi connectivity index (χ0) is 19.0. The summed E-state index contributed by atoms with van der Waals surface area (Å²) in [6, 6.07) is 1.45. The molecule has 0 spiro atoms. The molecule has 0 aliphatic carbocycles. The van der Waals surface area contributed by atoms with Gasteiger partial charge in [-0.25, -0.2) is 0 Å². The van der Waals surface area contributed by atoms with Gasteiger partial charge in [-0.05, 0) is 92.5 Å². The molecule has 0 aromatic heterocycles. The number of hydrogen-bond donors (Lipinski definition) is 0. The molecule has 3 nitrogen and oxygen atoms in total. The largest absolute Gasteiger partial charge is 0.301 e. The number of piperidine rings is 2. The van der Waals surface area contributed by atoms with Crippen LogP contribution in [0, 0.1) is 11.8 Å². The van der Waals surface area contributed by atoms with Crippen molar-refractivity contribution in [3.63, 3.8) is 0 Å². The minimum absolute atomic E-state index is 0.289. The first-order valence-corrected chi connectivity index (χ1v) is 10.7. The van der Waals surface area contributed by atoms with Gasteiger partial charge in [0.15, 0.2) is 0 Å². The van der Waals surface area contributed by atoms with Gasteiger partial charge in [0.05, 0.1) is 0 Å². The van der Waals surface area contributed by atoms with Crippen molar-refractivity contribution in [3.05, 3.63) is 0 Å². The third-order valence-corrected chi connectivity index (χ3v) is 8.49. The van der Waals surface area contributed by atoms with E-state index < -0.39 is 0 Å². The topological polar surface area (TPSA) is 9.72 Å². The summed E-state index contributed by atoms with van der Waals surface area (Å²) < 4.78 is 0. The van der Waals surface area contributed by atoms with Crippen molar-refractivity contribution in [3.8, 4) is 0 Å². The van der Waals surface area contributed by atoms with E-state index in [9.17, 15) is 0 Å². The maximum absolute atomic E-state index is 2.96. The highest BCUT2D eigenvalue weighted by atomic mass is 15.3. The molecule has 0 saturated carbocycles. The molecule has 0 N–H and O–H groups in total. The fourth-order valence-electron chi connectivity index (χ4n) is 5.19. The molecule has 2 fully saturated rings. The van der Waals surface area contributed by atoms with Crippen LogP contribution in [-0.2, 0) is 0 Å². The number of likely N-dealkylation sites (tertiary alicyclic amines) is 2. The van der Waals surface area contributed by atoms with E-state index >= 15 is 0 Å². The van der Waals surface area contributed by atoms with Gasteiger partial charge in [-0.1, -0.05) is 27.2 Å². The monoisotopic (exact) mass is 351 g/mol. The van der Waals surface area contributed by atoms with Crippen LogP contribution in [0.1, 0.15) is 74.1 Å². The smallest absolute Gasteiger partial charge is 0.0190 e. The summed E-state index contributed by atoms with van der Waals surface area (Å²) in [5.41, 5.74) is 0.579. The van der Waals surface area contributed by atoms with Crippen LogP contribution in [0.4, 0.5) is 0 Å². The molecule has 2 rings (SSSR count). The highest BCUT2D eigenvalue weighted by molar-refractivity contribution is 5.03. The van der Waals surface area contributed by atoms with Gasteiger partial charge in [0.2, 0.25) is 0 Å². The van der Waals surface area contributed by atoms with E-state index in [1.165, 1.54) is 45.3 Å². The molecule has 3 heteroatoms. The van der Waals surface area contributed by atoms with Gasteiger partial charge in [-0.15, -0.1) is 0 Å². The quantitative estimate of drug-likeness (QED) is 0.730.